The molecule has 0 aliphatic carbocycles. The first-order chi connectivity index (χ1) is 16.8. The van der Waals surface area contributed by atoms with Crippen LogP contribution in [0.1, 0.15) is 28.4 Å². The van der Waals surface area contributed by atoms with Crippen molar-refractivity contribution in [2.75, 3.05) is 25.5 Å². The summed E-state index contributed by atoms with van der Waals surface area (Å²) in [6, 6.07) is 14.8. The molecular formula is C25H24FN3O5S. The van der Waals surface area contributed by atoms with Gasteiger partial charge in [-0.3, -0.25) is 9.59 Å². The highest BCUT2D eigenvalue weighted by Crippen LogP contribution is 2.37. The largest absolute Gasteiger partial charge is 0.497 e. The van der Waals surface area contributed by atoms with Gasteiger partial charge in [-0.25, -0.2) is 12.8 Å². The van der Waals surface area contributed by atoms with Crippen molar-refractivity contribution in [2.24, 2.45) is 5.92 Å². The number of benzene rings is 2. The third-order valence-corrected chi connectivity index (χ3v) is 8.44. The van der Waals surface area contributed by atoms with Gasteiger partial charge in [0.1, 0.15) is 11.6 Å². The topological polar surface area (TPSA) is 97.7 Å². The second-order valence-corrected chi connectivity index (χ2v) is 10.8. The van der Waals surface area contributed by atoms with Crippen LogP contribution in [0.5, 0.6) is 5.75 Å². The van der Waals surface area contributed by atoms with Gasteiger partial charge in [0.15, 0.2) is 0 Å². The molecule has 1 aromatic heterocycles. The molecule has 2 unspecified atom stereocenters. The van der Waals surface area contributed by atoms with E-state index in [2.05, 4.69) is 5.32 Å². The van der Waals surface area contributed by atoms with Gasteiger partial charge in [-0.1, -0.05) is 6.07 Å². The first-order valence-corrected chi connectivity index (χ1v) is 12.6. The summed E-state index contributed by atoms with van der Waals surface area (Å²) >= 11 is 0. The van der Waals surface area contributed by atoms with E-state index in [9.17, 15) is 22.4 Å². The number of amides is 1. The number of hydrogen-bond acceptors (Lipinski definition) is 5. The average Bonchev–Trinajstić information content (AvgIpc) is 2.85. The quantitative estimate of drug-likeness (QED) is 0.584. The predicted molar refractivity (Wildman–Crippen MR) is 128 cm³/mol. The van der Waals surface area contributed by atoms with Crippen molar-refractivity contribution in [1.82, 2.24) is 8.87 Å². The van der Waals surface area contributed by atoms with E-state index >= 15 is 0 Å². The first kappa shape index (κ1) is 23.3. The van der Waals surface area contributed by atoms with E-state index in [1.807, 2.05) is 6.07 Å². The monoisotopic (exact) mass is 497 g/mol. The number of fused-ring (bicyclic) bond motifs is 4. The van der Waals surface area contributed by atoms with E-state index in [1.54, 1.807) is 34.9 Å². The van der Waals surface area contributed by atoms with Crippen molar-refractivity contribution < 1.29 is 22.3 Å². The fourth-order valence-corrected chi connectivity index (χ4v) is 6.50. The second kappa shape index (κ2) is 8.94. The molecule has 0 saturated carbocycles. The smallest absolute Gasteiger partial charge is 0.258 e. The Kier molecular flexibility index (Phi) is 5.94. The van der Waals surface area contributed by atoms with E-state index in [0.29, 0.717) is 18.0 Å². The van der Waals surface area contributed by atoms with Crippen molar-refractivity contribution in [3.05, 3.63) is 88.1 Å². The van der Waals surface area contributed by atoms with Gasteiger partial charge < -0.3 is 14.6 Å². The second-order valence-electron chi connectivity index (χ2n) is 8.84. The highest BCUT2D eigenvalue weighted by atomic mass is 32.2. The van der Waals surface area contributed by atoms with Gasteiger partial charge in [-0.15, -0.1) is 0 Å². The van der Waals surface area contributed by atoms with Crippen LogP contribution in [-0.4, -0.2) is 43.4 Å². The van der Waals surface area contributed by atoms with Crippen molar-refractivity contribution in [2.45, 2.75) is 23.8 Å². The van der Waals surface area contributed by atoms with Crippen molar-refractivity contribution >= 4 is 21.6 Å². The van der Waals surface area contributed by atoms with Gasteiger partial charge >= 0.3 is 0 Å². The number of nitrogens with one attached hydrogen (secondary N) is 1. The number of carbonyl (C=O) groups excluding carboxylic acids is 1. The minimum Gasteiger partial charge on any atom is -0.497 e. The fraction of sp³-hybridized carbons (Fsp3) is 0.280. The van der Waals surface area contributed by atoms with Gasteiger partial charge in [0.2, 0.25) is 10.0 Å². The summed E-state index contributed by atoms with van der Waals surface area (Å²) in [5.41, 5.74) is 0.795. The molecule has 182 valence electrons. The summed E-state index contributed by atoms with van der Waals surface area (Å²) in [7, 11) is -2.47. The van der Waals surface area contributed by atoms with Gasteiger partial charge in [-0.05, 0) is 60.9 Å². The number of piperidine rings is 1. The van der Waals surface area contributed by atoms with E-state index < -0.39 is 21.7 Å². The van der Waals surface area contributed by atoms with Crippen molar-refractivity contribution in [1.29, 1.82) is 0 Å². The molecule has 1 saturated heterocycles. The molecule has 10 heteroatoms. The standard InChI is InChI=1S/C25H24FN3O5S/c1-34-19-7-5-18(6-8-19)27-25(31)21-12-20(9-10-22(21)26)35(32,33)28-13-16-11-17(15-28)23-3-2-4-24(30)29(23)14-16/h2-10,12,16-17H,11,13-15H2,1H3,(H,27,31). The molecule has 2 aliphatic heterocycles. The van der Waals surface area contributed by atoms with Gasteiger partial charge in [0.05, 0.1) is 17.6 Å². The van der Waals surface area contributed by atoms with Crippen molar-refractivity contribution in [3.8, 4) is 5.75 Å². The highest BCUT2D eigenvalue weighted by Gasteiger charge is 2.39. The lowest BCUT2D eigenvalue weighted by Gasteiger charge is -2.42. The third kappa shape index (κ3) is 4.35. The number of nitrogens with zero attached hydrogens (tertiary/aromatic N) is 2. The number of methoxy groups -OCH3 is 1. The molecule has 1 N–H and O–H groups in total. The Balaban J connectivity index is 1.40. The molecular weight excluding hydrogens is 473 g/mol. The number of ether oxygens (including phenoxy) is 1. The summed E-state index contributed by atoms with van der Waals surface area (Å²) in [6.45, 7) is 0.924. The summed E-state index contributed by atoms with van der Waals surface area (Å²) in [4.78, 5) is 24.8. The molecule has 1 fully saturated rings. The summed E-state index contributed by atoms with van der Waals surface area (Å²) < 4.78 is 49.7. The van der Waals surface area contributed by atoms with Gasteiger partial charge in [0, 0.05) is 43.0 Å². The van der Waals surface area contributed by atoms with Crippen LogP contribution < -0.4 is 15.6 Å². The number of anilines is 1. The number of halogens is 1. The Morgan fingerprint density at radius 3 is 2.57 bits per heavy atom. The number of sulfonamides is 1. The van der Waals surface area contributed by atoms with Crippen LogP contribution in [0.15, 0.2) is 70.4 Å². The molecule has 3 heterocycles. The summed E-state index contributed by atoms with van der Waals surface area (Å²) in [6.07, 6.45) is 0.800. The van der Waals surface area contributed by atoms with Crippen LogP contribution in [0, 0.1) is 11.7 Å². The molecule has 2 atom stereocenters. The van der Waals surface area contributed by atoms with Crippen LogP contribution in [0.4, 0.5) is 10.1 Å². The van der Waals surface area contributed by atoms with E-state index in [1.165, 1.54) is 23.5 Å². The van der Waals surface area contributed by atoms with Crippen LogP contribution in [0.3, 0.4) is 0 Å². The predicted octanol–water partition coefficient (Wildman–Crippen LogP) is 3.06. The third-order valence-electron chi connectivity index (χ3n) is 6.61. The highest BCUT2D eigenvalue weighted by molar-refractivity contribution is 7.89. The van der Waals surface area contributed by atoms with E-state index in [-0.39, 0.29) is 40.9 Å². The Morgan fingerprint density at radius 2 is 1.83 bits per heavy atom. The maximum atomic E-state index is 14.5. The van der Waals surface area contributed by atoms with Crippen LogP contribution in [0.2, 0.25) is 0 Å². The molecule has 2 aliphatic rings. The number of hydrogen-bond donors (Lipinski definition) is 1. The Bertz CT molecular complexity index is 1450. The average molecular weight is 498 g/mol. The Hall–Kier alpha value is -3.50. The molecule has 0 radical (unpaired) electrons. The minimum absolute atomic E-state index is 0.00517. The van der Waals surface area contributed by atoms with Crippen LogP contribution >= 0.6 is 0 Å². The molecule has 2 aromatic carbocycles. The van der Waals surface area contributed by atoms with Crippen LogP contribution in [0.25, 0.3) is 0 Å². The fourth-order valence-electron chi connectivity index (χ4n) is 4.91. The summed E-state index contributed by atoms with van der Waals surface area (Å²) in [5.74, 6) is -1.09. The summed E-state index contributed by atoms with van der Waals surface area (Å²) in [5, 5.41) is 2.58. The number of rotatable bonds is 5. The lowest BCUT2D eigenvalue weighted by molar-refractivity contribution is 0.102. The molecule has 0 spiro atoms. The van der Waals surface area contributed by atoms with E-state index in [4.69, 9.17) is 4.74 Å². The lowest BCUT2D eigenvalue weighted by Crippen LogP contribution is -2.49. The number of carbonyl (C=O) groups is 1. The normalized spacial score (nSPS) is 19.6. The maximum Gasteiger partial charge on any atom is 0.258 e. The van der Waals surface area contributed by atoms with Gasteiger partial charge in [-0.2, -0.15) is 4.31 Å². The lowest BCUT2D eigenvalue weighted by atomic mass is 9.84. The molecule has 2 bridgehead atoms. The van der Waals surface area contributed by atoms with Crippen LogP contribution in [-0.2, 0) is 16.6 Å². The zero-order valence-electron chi connectivity index (χ0n) is 19.0. The Morgan fingerprint density at radius 1 is 1.06 bits per heavy atom. The number of pyridine rings is 1. The molecule has 1 amide bonds. The SMILES string of the molecule is COc1ccc(NC(=O)c2cc(S(=O)(=O)N3CC4CC(C3)c3cccc(=O)n3C4)ccc2F)cc1. The van der Waals surface area contributed by atoms with Crippen molar-refractivity contribution in [3.63, 3.8) is 0 Å². The molecule has 3 aromatic rings. The van der Waals surface area contributed by atoms with E-state index in [0.717, 1.165) is 24.2 Å². The zero-order chi connectivity index (χ0) is 24.7. The minimum atomic E-state index is -3.99. The zero-order valence-corrected chi connectivity index (χ0v) is 19.8. The Labute approximate surface area is 202 Å². The molecule has 5 rings (SSSR count). The maximum absolute atomic E-state index is 14.5. The number of aromatic nitrogens is 1. The molecule has 8 nitrogen and oxygen atoms in total. The first-order valence-electron chi connectivity index (χ1n) is 11.2. The molecule has 35 heavy (non-hydrogen) atoms. The van der Waals surface area contributed by atoms with Gasteiger partial charge in [0.25, 0.3) is 11.5 Å².